The minimum absolute atomic E-state index is 0.525. The first-order valence-electron chi connectivity index (χ1n) is 3.99. The zero-order valence-corrected chi connectivity index (χ0v) is 6.72. The van der Waals surface area contributed by atoms with E-state index in [4.69, 9.17) is 10.8 Å². The van der Waals surface area contributed by atoms with Crippen molar-refractivity contribution in [2.24, 2.45) is 0 Å². The van der Waals surface area contributed by atoms with E-state index in [1.807, 2.05) is 24.3 Å². The van der Waals surface area contributed by atoms with Gasteiger partial charge in [0.1, 0.15) is 0 Å². The van der Waals surface area contributed by atoms with E-state index in [0.29, 0.717) is 17.8 Å². The summed E-state index contributed by atoms with van der Waals surface area (Å²) in [4.78, 5) is 0. The number of rotatable bonds is 0. The zero-order chi connectivity index (χ0) is 8.55. The summed E-state index contributed by atoms with van der Waals surface area (Å²) in [5, 5.41) is 15.2. The van der Waals surface area contributed by atoms with Gasteiger partial charge in [0.05, 0.1) is 0 Å². The van der Waals surface area contributed by atoms with Crippen molar-refractivity contribution in [3.63, 3.8) is 0 Å². The first kappa shape index (κ1) is 7.22. The Bertz CT molecular complexity index is 353. The van der Waals surface area contributed by atoms with E-state index in [0.717, 1.165) is 17.5 Å². The minimum atomic E-state index is 0.525. The van der Waals surface area contributed by atoms with Crippen LogP contribution in [0, 0.1) is 10.8 Å². The molecule has 0 amide bonds. The Morgan fingerprint density at radius 3 is 2.58 bits per heavy atom. The van der Waals surface area contributed by atoms with Crippen LogP contribution in [0.1, 0.15) is 17.5 Å². The molecule has 60 valence electrons. The van der Waals surface area contributed by atoms with E-state index in [1.165, 1.54) is 0 Å². The van der Waals surface area contributed by atoms with Crippen LogP contribution in [0.2, 0.25) is 0 Å². The summed E-state index contributed by atoms with van der Waals surface area (Å²) in [6.45, 7) is 0. The summed E-state index contributed by atoms with van der Waals surface area (Å²) in [6.07, 6.45) is 1.25. The molecule has 1 aromatic carbocycles. The van der Waals surface area contributed by atoms with Gasteiger partial charge < -0.3 is 10.8 Å². The topological polar surface area (TPSA) is 47.7 Å². The molecule has 0 bridgehead atoms. The standard InChI is InChI=1S/C10H10N2/c11-8-5-7-3-1-2-4-9(7)10(12)6-8/h1-4,11-12H,5-6H2. The molecule has 0 aliphatic heterocycles. The molecule has 0 fully saturated rings. The Labute approximate surface area is 71.3 Å². The highest BCUT2D eigenvalue weighted by molar-refractivity contribution is 6.14. The fraction of sp³-hybridized carbons (Fsp3) is 0.200. The molecule has 0 saturated heterocycles. The Morgan fingerprint density at radius 2 is 1.75 bits per heavy atom. The van der Waals surface area contributed by atoms with E-state index < -0.39 is 0 Å². The molecule has 0 atom stereocenters. The number of fused-ring (bicyclic) bond motifs is 1. The van der Waals surface area contributed by atoms with E-state index in [-0.39, 0.29) is 0 Å². The van der Waals surface area contributed by atoms with Gasteiger partial charge in [-0.25, -0.2) is 0 Å². The average Bonchev–Trinajstić information content (AvgIpc) is 2.04. The fourth-order valence-corrected chi connectivity index (χ4v) is 1.57. The summed E-state index contributed by atoms with van der Waals surface area (Å²) in [6, 6.07) is 7.87. The normalized spacial score (nSPS) is 16.0. The van der Waals surface area contributed by atoms with Crippen molar-refractivity contribution in [3.05, 3.63) is 35.4 Å². The molecule has 0 saturated carbocycles. The van der Waals surface area contributed by atoms with Crippen LogP contribution < -0.4 is 0 Å². The van der Waals surface area contributed by atoms with E-state index in [1.54, 1.807) is 0 Å². The van der Waals surface area contributed by atoms with Gasteiger partial charge in [0, 0.05) is 24.3 Å². The van der Waals surface area contributed by atoms with E-state index in [2.05, 4.69) is 0 Å². The van der Waals surface area contributed by atoms with Crippen molar-refractivity contribution in [2.75, 3.05) is 0 Å². The largest absolute Gasteiger partial charge is 0.309 e. The summed E-state index contributed by atoms with van der Waals surface area (Å²) in [7, 11) is 0. The monoisotopic (exact) mass is 158 g/mol. The molecule has 0 spiro atoms. The third-order valence-electron chi connectivity index (χ3n) is 2.14. The molecule has 2 N–H and O–H groups in total. The quantitative estimate of drug-likeness (QED) is 0.580. The number of hydrogen-bond donors (Lipinski definition) is 2. The van der Waals surface area contributed by atoms with Gasteiger partial charge in [-0.2, -0.15) is 0 Å². The van der Waals surface area contributed by atoms with Crippen molar-refractivity contribution < 1.29 is 0 Å². The molecule has 1 aromatic rings. The maximum Gasteiger partial charge on any atom is 0.0445 e. The van der Waals surface area contributed by atoms with Gasteiger partial charge >= 0.3 is 0 Å². The Kier molecular flexibility index (Phi) is 1.54. The molecule has 0 aromatic heterocycles. The first-order chi connectivity index (χ1) is 5.77. The highest BCUT2D eigenvalue weighted by Crippen LogP contribution is 2.18. The lowest BCUT2D eigenvalue weighted by molar-refractivity contribution is 1.17. The Hall–Kier alpha value is -1.44. The van der Waals surface area contributed by atoms with Gasteiger partial charge in [-0.3, -0.25) is 0 Å². The maximum absolute atomic E-state index is 7.66. The third kappa shape index (κ3) is 1.05. The van der Waals surface area contributed by atoms with Crippen LogP contribution in [0.5, 0.6) is 0 Å². The minimum Gasteiger partial charge on any atom is -0.309 e. The van der Waals surface area contributed by atoms with Crippen LogP contribution in [0.3, 0.4) is 0 Å². The highest BCUT2D eigenvalue weighted by Gasteiger charge is 2.16. The van der Waals surface area contributed by atoms with Crippen LogP contribution in [0.4, 0.5) is 0 Å². The lowest BCUT2D eigenvalue weighted by atomic mass is 9.89. The second kappa shape index (κ2) is 2.55. The van der Waals surface area contributed by atoms with Gasteiger partial charge in [-0.15, -0.1) is 0 Å². The Morgan fingerprint density at radius 1 is 1.00 bits per heavy atom. The predicted molar refractivity (Wildman–Crippen MR) is 49.3 cm³/mol. The maximum atomic E-state index is 7.66. The molecule has 0 heterocycles. The van der Waals surface area contributed by atoms with Crippen LogP contribution in [-0.2, 0) is 6.42 Å². The summed E-state index contributed by atoms with van der Waals surface area (Å²) < 4.78 is 0. The van der Waals surface area contributed by atoms with Crippen LogP contribution in [0.25, 0.3) is 0 Å². The van der Waals surface area contributed by atoms with Crippen LogP contribution in [0.15, 0.2) is 24.3 Å². The summed E-state index contributed by atoms with van der Waals surface area (Å²) in [5.74, 6) is 0. The number of benzene rings is 1. The van der Waals surface area contributed by atoms with Crippen molar-refractivity contribution in [1.82, 2.24) is 0 Å². The number of hydrogen-bond acceptors (Lipinski definition) is 2. The molecule has 1 aliphatic carbocycles. The molecule has 0 unspecified atom stereocenters. The fourth-order valence-electron chi connectivity index (χ4n) is 1.57. The summed E-state index contributed by atoms with van der Waals surface area (Å²) >= 11 is 0. The van der Waals surface area contributed by atoms with Crippen molar-refractivity contribution in [1.29, 1.82) is 10.8 Å². The van der Waals surface area contributed by atoms with Gasteiger partial charge in [0.25, 0.3) is 0 Å². The molecule has 1 aliphatic rings. The highest BCUT2D eigenvalue weighted by atomic mass is 14.5. The molecule has 2 nitrogen and oxygen atoms in total. The molecule has 12 heavy (non-hydrogen) atoms. The molecular formula is C10H10N2. The first-order valence-corrected chi connectivity index (χ1v) is 3.99. The SMILES string of the molecule is N=C1CC(=N)c2ccccc2C1. The average molecular weight is 158 g/mol. The van der Waals surface area contributed by atoms with Gasteiger partial charge in [-0.1, -0.05) is 24.3 Å². The summed E-state index contributed by atoms with van der Waals surface area (Å²) in [5.41, 5.74) is 3.38. The predicted octanol–water partition coefficient (Wildman–Crippen LogP) is 2.02. The smallest absolute Gasteiger partial charge is 0.0445 e. The third-order valence-corrected chi connectivity index (χ3v) is 2.14. The van der Waals surface area contributed by atoms with Crippen LogP contribution in [-0.4, -0.2) is 11.4 Å². The van der Waals surface area contributed by atoms with Crippen LogP contribution >= 0.6 is 0 Å². The Balaban J connectivity index is 2.54. The van der Waals surface area contributed by atoms with E-state index in [9.17, 15) is 0 Å². The van der Waals surface area contributed by atoms with Gasteiger partial charge in [-0.05, 0) is 11.1 Å². The van der Waals surface area contributed by atoms with Crippen molar-refractivity contribution in [3.8, 4) is 0 Å². The second-order valence-electron chi connectivity index (χ2n) is 3.09. The van der Waals surface area contributed by atoms with Crippen molar-refractivity contribution >= 4 is 11.4 Å². The number of nitrogens with one attached hydrogen (secondary N) is 2. The lowest BCUT2D eigenvalue weighted by Crippen LogP contribution is -2.18. The second-order valence-corrected chi connectivity index (χ2v) is 3.09. The van der Waals surface area contributed by atoms with Gasteiger partial charge in [0.15, 0.2) is 0 Å². The van der Waals surface area contributed by atoms with Crippen molar-refractivity contribution in [2.45, 2.75) is 12.8 Å². The lowest BCUT2D eigenvalue weighted by Gasteiger charge is -2.16. The van der Waals surface area contributed by atoms with E-state index >= 15 is 0 Å². The molecule has 0 radical (unpaired) electrons. The van der Waals surface area contributed by atoms with Gasteiger partial charge in [0.2, 0.25) is 0 Å². The molecular weight excluding hydrogens is 148 g/mol. The molecule has 2 rings (SSSR count). The zero-order valence-electron chi connectivity index (χ0n) is 6.72. The molecule has 2 heteroatoms.